The first kappa shape index (κ1) is 21.0. The molecule has 2 atom stereocenters. The van der Waals surface area contributed by atoms with Gasteiger partial charge >= 0.3 is 6.03 Å². The standard InChI is InChI=1S/C24H38N6O/c31-24(30-12-6-8-19-7-4-5-11-21(19)30)27-22-17-23(26-18-25-22)29-15-13-28(14-16-29)20-9-2-1-3-10-20/h17-21H,1-16H2,(H,25,26,27,31). The Morgan fingerprint density at radius 1 is 0.839 bits per heavy atom. The molecule has 2 amide bonds. The molecule has 2 saturated carbocycles. The van der Waals surface area contributed by atoms with E-state index in [0.717, 1.165) is 57.4 Å². The zero-order chi connectivity index (χ0) is 21.0. The number of likely N-dealkylation sites (tertiary alicyclic amines) is 1. The number of hydrogen-bond acceptors (Lipinski definition) is 5. The Morgan fingerprint density at radius 2 is 1.58 bits per heavy atom. The van der Waals surface area contributed by atoms with E-state index in [9.17, 15) is 4.79 Å². The minimum Gasteiger partial charge on any atom is -0.354 e. The molecule has 0 spiro atoms. The second-order valence-electron chi connectivity index (χ2n) is 9.95. The quantitative estimate of drug-likeness (QED) is 0.788. The lowest BCUT2D eigenvalue weighted by molar-refractivity contribution is 0.0909. The molecular formula is C24H38N6O. The molecule has 2 aliphatic heterocycles. The van der Waals surface area contributed by atoms with E-state index >= 15 is 0 Å². The van der Waals surface area contributed by atoms with Gasteiger partial charge in [0.15, 0.2) is 0 Å². The van der Waals surface area contributed by atoms with Crippen LogP contribution in [0.1, 0.15) is 70.6 Å². The number of aromatic nitrogens is 2. The number of piperidine rings is 1. The summed E-state index contributed by atoms with van der Waals surface area (Å²) < 4.78 is 0. The fraction of sp³-hybridized carbons (Fsp3) is 0.792. The molecule has 2 saturated heterocycles. The molecule has 0 aromatic carbocycles. The predicted octanol–water partition coefficient (Wildman–Crippen LogP) is 4.12. The highest BCUT2D eigenvalue weighted by Gasteiger charge is 2.36. The van der Waals surface area contributed by atoms with Crippen molar-refractivity contribution < 1.29 is 4.79 Å². The van der Waals surface area contributed by atoms with Crippen molar-refractivity contribution in [3.63, 3.8) is 0 Å². The van der Waals surface area contributed by atoms with Gasteiger partial charge in [0.25, 0.3) is 0 Å². The maximum Gasteiger partial charge on any atom is 0.323 e. The van der Waals surface area contributed by atoms with Crippen molar-refractivity contribution in [2.75, 3.05) is 42.9 Å². The van der Waals surface area contributed by atoms with Crippen molar-refractivity contribution in [1.29, 1.82) is 0 Å². The lowest BCUT2D eigenvalue weighted by atomic mass is 9.78. The Balaban J connectivity index is 1.18. The summed E-state index contributed by atoms with van der Waals surface area (Å²) in [7, 11) is 0. The van der Waals surface area contributed by atoms with Gasteiger partial charge in [0, 0.05) is 50.9 Å². The molecule has 7 heteroatoms. The second kappa shape index (κ2) is 9.72. The van der Waals surface area contributed by atoms with E-state index in [4.69, 9.17) is 0 Å². The monoisotopic (exact) mass is 426 g/mol. The van der Waals surface area contributed by atoms with E-state index in [0.29, 0.717) is 17.8 Å². The minimum atomic E-state index is 0.0170. The number of anilines is 2. The normalized spacial score (nSPS) is 28.3. The SMILES string of the molecule is O=C(Nc1cc(N2CCN(C3CCCCC3)CC2)ncn1)N1CCCC2CCCCC21. The van der Waals surface area contributed by atoms with Crippen LogP contribution >= 0.6 is 0 Å². The predicted molar refractivity (Wildman–Crippen MR) is 123 cm³/mol. The number of nitrogens with one attached hydrogen (secondary N) is 1. The Bertz CT molecular complexity index is 741. The first-order chi connectivity index (χ1) is 15.3. The highest BCUT2D eigenvalue weighted by atomic mass is 16.2. The van der Waals surface area contributed by atoms with Crippen LogP contribution in [0.4, 0.5) is 16.4 Å². The lowest BCUT2D eigenvalue weighted by Gasteiger charge is -2.43. The van der Waals surface area contributed by atoms with Gasteiger partial charge in [0.1, 0.15) is 18.0 Å². The number of carbonyl (C=O) groups is 1. The van der Waals surface area contributed by atoms with E-state index in [1.165, 1.54) is 57.8 Å². The summed E-state index contributed by atoms with van der Waals surface area (Å²) in [5.74, 6) is 2.25. The zero-order valence-corrected chi connectivity index (χ0v) is 18.8. The van der Waals surface area contributed by atoms with Crippen LogP contribution < -0.4 is 10.2 Å². The number of piperazine rings is 1. The zero-order valence-electron chi connectivity index (χ0n) is 18.8. The van der Waals surface area contributed by atoms with Gasteiger partial charge in [-0.15, -0.1) is 0 Å². The summed E-state index contributed by atoms with van der Waals surface area (Å²) in [5.41, 5.74) is 0. The number of hydrogen-bond donors (Lipinski definition) is 1. The molecule has 3 heterocycles. The number of urea groups is 1. The summed E-state index contributed by atoms with van der Waals surface area (Å²) in [6.07, 6.45) is 15.9. The minimum absolute atomic E-state index is 0.0170. The number of nitrogens with zero attached hydrogens (tertiary/aromatic N) is 5. The van der Waals surface area contributed by atoms with Crippen molar-refractivity contribution in [1.82, 2.24) is 19.8 Å². The summed E-state index contributed by atoms with van der Waals surface area (Å²) in [6.45, 7) is 5.07. The lowest BCUT2D eigenvalue weighted by Crippen LogP contribution is -2.51. The summed E-state index contributed by atoms with van der Waals surface area (Å²) in [4.78, 5) is 29.0. The third-order valence-electron chi connectivity index (χ3n) is 8.12. The maximum atomic E-state index is 13.1. The van der Waals surface area contributed by atoms with Crippen molar-refractivity contribution in [2.24, 2.45) is 5.92 Å². The molecule has 1 N–H and O–H groups in total. The Kier molecular flexibility index (Phi) is 6.58. The van der Waals surface area contributed by atoms with Crippen LogP contribution in [0, 0.1) is 5.92 Å². The van der Waals surface area contributed by atoms with E-state index in [2.05, 4.69) is 30.0 Å². The van der Waals surface area contributed by atoms with Crippen LogP contribution in [0.3, 0.4) is 0 Å². The van der Waals surface area contributed by atoms with Crippen LogP contribution in [0.5, 0.6) is 0 Å². The van der Waals surface area contributed by atoms with Crippen LogP contribution in [-0.2, 0) is 0 Å². The van der Waals surface area contributed by atoms with Gasteiger partial charge < -0.3 is 9.80 Å². The Morgan fingerprint density at radius 3 is 2.42 bits per heavy atom. The fourth-order valence-electron chi connectivity index (χ4n) is 6.41. The summed E-state index contributed by atoms with van der Waals surface area (Å²) in [6, 6.07) is 3.17. The van der Waals surface area contributed by atoms with Gasteiger partial charge in [0.05, 0.1) is 0 Å². The van der Waals surface area contributed by atoms with Gasteiger partial charge in [-0.1, -0.05) is 32.1 Å². The maximum absolute atomic E-state index is 13.1. The van der Waals surface area contributed by atoms with Gasteiger partial charge in [-0.05, 0) is 44.4 Å². The number of amides is 2. The first-order valence-corrected chi connectivity index (χ1v) is 12.7. The Labute approximate surface area is 186 Å². The Hall–Kier alpha value is -1.89. The summed E-state index contributed by atoms with van der Waals surface area (Å²) in [5, 5.41) is 3.08. The molecule has 2 aliphatic carbocycles. The molecule has 4 fully saturated rings. The second-order valence-corrected chi connectivity index (χ2v) is 9.95. The fourth-order valence-corrected chi connectivity index (χ4v) is 6.41. The van der Waals surface area contributed by atoms with Crippen LogP contribution in [0.15, 0.2) is 12.4 Å². The average molecular weight is 427 g/mol. The van der Waals surface area contributed by atoms with Gasteiger partial charge in [-0.2, -0.15) is 0 Å². The topological polar surface area (TPSA) is 64.6 Å². The molecular weight excluding hydrogens is 388 g/mol. The molecule has 0 bridgehead atoms. The van der Waals surface area contributed by atoms with Crippen molar-refractivity contribution in [3.05, 3.63) is 12.4 Å². The van der Waals surface area contributed by atoms with E-state index < -0.39 is 0 Å². The van der Waals surface area contributed by atoms with Gasteiger partial charge in [0.2, 0.25) is 0 Å². The summed E-state index contributed by atoms with van der Waals surface area (Å²) >= 11 is 0. The molecule has 5 rings (SSSR count). The van der Waals surface area contributed by atoms with Crippen molar-refractivity contribution in [3.8, 4) is 0 Å². The van der Waals surface area contributed by atoms with Gasteiger partial charge in [-0.3, -0.25) is 10.2 Å². The van der Waals surface area contributed by atoms with Crippen LogP contribution in [0.25, 0.3) is 0 Å². The number of fused-ring (bicyclic) bond motifs is 1. The van der Waals surface area contributed by atoms with Crippen molar-refractivity contribution in [2.45, 2.75) is 82.7 Å². The molecule has 7 nitrogen and oxygen atoms in total. The highest BCUT2D eigenvalue weighted by Crippen LogP contribution is 2.35. The van der Waals surface area contributed by atoms with Gasteiger partial charge in [-0.25, -0.2) is 14.8 Å². The third-order valence-corrected chi connectivity index (χ3v) is 8.12. The smallest absolute Gasteiger partial charge is 0.323 e. The molecule has 170 valence electrons. The largest absolute Gasteiger partial charge is 0.354 e. The third kappa shape index (κ3) is 4.81. The van der Waals surface area contributed by atoms with Crippen LogP contribution in [-0.4, -0.2) is 70.6 Å². The van der Waals surface area contributed by atoms with E-state index in [1.54, 1.807) is 6.33 Å². The molecule has 1 aromatic rings. The van der Waals surface area contributed by atoms with E-state index in [1.807, 2.05) is 6.07 Å². The average Bonchev–Trinajstić information content (AvgIpc) is 2.84. The van der Waals surface area contributed by atoms with Crippen molar-refractivity contribution >= 4 is 17.7 Å². The molecule has 4 aliphatic rings. The molecule has 31 heavy (non-hydrogen) atoms. The number of rotatable bonds is 3. The molecule has 1 aromatic heterocycles. The molecule has 2 unspecified atom stereocenters. The first-order valence-electron chi connectivity index (χ1n) is 12.7. The molecule has 0 radical (unpaired) electrons. The highest BCUT2D eigenvalue weighted by molar-refractivity contribution is 5.89. The van der Waals surface area contributed by atoms with E-state index in [-0.39, 0.29) is 6.03 Å². The number of carbonyl (C=O) groups excluding carboxylic acids is 1. The van der Waals surface area contributed by atoms with Crippen LogP contribution in [0.2, 0.25) is 0 Å².